The van der Waals surface area contributed by atoms with Gasteiger partial charge in [0.15, 0.2) is 5.84 Å². The topological polar surface area (TPSA) is 77.1 Å². The summed E-state index contributed by atoms with van der Waals surface area (Å²) in [6.07, 6.45) is 2.96. The summed E-state index contributed by atoms with van der Waals surface area (Å²) < 4.78 is 11.1. The molecule has 0 bridgehead atoms. The Balaban J connectivity index is 2.18. The van der Waals surface area contributed by atoms with E-state index in [4.69, 9.17) is 20.4 Å². The van der Waals surface area contributed by atoms with Gasteiger partial charge in [0.25, 0.3) is 0 Å². The van der Waals surface area contributed by atoms with Gasteiger partial charge in [-0.25, -0.2) is 0 Å². The largest absolute Gasteiger partial charge is 0.492 e. The van der Waals surface area contributed by atoms with Crippen molar-refractivity contribution in [3.63, 3.8) is 0 Å². The van der Waals surface area contributed by atoms with E-state index < -0.39 is 0 Å². The Kier molecular flexibility index (Phi) is 4.93. The van der Waals surface area contributed by atoms with Crippen molar-refractivity contribution in [3.05, 3.63) is 23.8 Å². The lowest BCUT2D eigenvalue weighted by atomic mass is 10.1. The van der Waals surface area contributed by atoms with Gasteiger partial charge in [-0.3, -0.25) is 0 Å². The maximum atomic E-state index is 8.89. The van der Waals surface area contributed by atoms with Crippen LogP contribution in [0.1, 0.15) is 12.0 Å². The molecule has 1 fully saturated rings. The van der Waals surface area contributed by atoms with Gasteiger partial charge in [0.2, 0.25) is 0 Å². The van der Waals surface area contributed by atoms with E-state index in [1.54, 1.807) is 0 Å². The minimum Gasteiger partial charge on any atom is -0.492 e. The molecule has 1 aliphatic heterocycles. The molecule has 5 nitrogen and oxygen atoms in total. The molecule has 2 rings (SSSR count). The van der Waals surface area contributed by atoms with Gasteiger partial charge in [0.1, 0.15) is 5.75 Å². The van der Waals surface area contributed by atoms with Crippen molar-refractivity contribution in [2.45, 2.75) is 11.3 Å². The number of hydrogen-bond acceptors (Lipinski definition) is 5. The molecule has 1 aromatic carbocycles. The highest BCUT2D eigenvalue weighted by Crippen LogP contribution is 2.29. The third-order valence-corrected chi connectivity index (χ3v) is 3.85. The molecule has 0 aliphatic carbocycles. The number of oxime groups is 1. The van der Waals surface area contributed by atoms with E-state index in [9.17, 15) is 0 Å². The van der Waals surface area contributed by atoms with E-state index in [1.165, 1.54) is 11.8 Å². The van der Waals surface area contributed by atoms with E-state index in [2.05, 4.69) is 5.16 Å². The normalized spacial score (nSPS) is 19.6. The van der Waals surface area contributed by atoms with Crippen molar-refractivity contribution >= 4 is 17.6 Å². The molecule has 1 aromatic rings. The van der Waals surface area contributed by atoms with E-state index in [-0.39, 0.29) is 5.84 Å². The summed E-state index contributed by atoms with van der Waals surface area (Å²) in [5.41, 5.74) is 6.39. The highest BCUT2D eigenvalue weighted by molar-refractivity contribution is 7.98. The van der Waals surface area contributed by atoms with Crippen LogP contribution < -0.4 is 10.5 Å². The summed E-state index contributed by atoms with van der Waals surface area (Å²) in [7, 11) is 0. The van der Waals surface area contributed by atoms with Crippen LogP contribution in [0.2, 0.25) is 0 Å². The van der Waals surface area contributed by atoms with Crippen LogP contribution in [0.5, 0.6) is 5.75 Å². The molecule has 1 atom stereocenters. The molecule has 6 heteroatoms. The monoisotopic (exact) mass is 282 g/mol. The highest BCUT2D eigenvalue weighted by Gasteiger charge is 2.19. The van der Waals surface area contributed by atoms with Gasteiger partial charge in [0, 0.05) is 17.4 Å². The first-order valence-electron chi connectivity index (χ1n) is 6.11. The van der Waals surface area contributed by atoms with Crippen molar-refractivity contribution in [1.29, 1.82) is 0 Å². The van der Waals surface area contributed by atoms with Crippen molar-refractivity contribution in [3.8, 4) is 5.75 Å². The first-order valence-corrected chi connectivity index (χ1v) is 7.34. The summed E-state index contributed by atoms with van der Waals surface area (Å²) in [5, 5.41) is 12.0. The Morgan fingerprint density at radius 2 is 2.47 bits per heavy atom. The predicted octanol–water partition coefficient (Wildman–Crippen LogP) is 1.92. The van der Waals surface area contributed by atoms with E-state index in [0.29, 0.717) is 23.8 Å². The molecule has 104 valence electrons. The van der Waals surface area contributed by atoms with Crippen molar-refractivity contribution in [2.75, 3.05) is 26.1 Å². The maximum absolute atomic E-state index is 8.89. The molecule has 1 unspecified atom stereocenters. The molecule has 19 heavy (non-hydrogen) atoms. The first-order chi connectivity index (χ1) is 9.26. The Morgan fingerprint density at radius 3 is 3.11 bits per heavy atom. The maximum Gasteiger partial charge on any atom is 0.174 e. The van der Waals surface area contributed by atoms with E-state index in [1.807, 2.05) is 24.5 Å². The average molecular weight is 282 g/mol. The van der Waals surface area contributed by atoms with Crippen LogP contribution in [0.25, 0.3) is 0 Å². The molecule has 0 radical (unpaired) electrons. The molecule has 0 aromatic heterocycles. The van der Waals surface area contributed by atoms with Crippen LogP contribution in [0, 0.1) is 5.92 Å². The fourth-order valence-electron chi connectivity index (χ4n) is 2.03. The minimum atomic E-state index is 0.0719. The number of hydrogen-bond donors (Lipinski definition) is 2. The Hall–Kier alpha value is -1.40. The van der Waals surface area contributed by atoms with Crippen LogP contribution in [0.4, 0.5) is 0 Å². The van der Waals surface area contributed by atoms with Crippen molar-refractivity contribution in [1.82, 2.24) is 0 Å². The number of rotatable bonds is 5. The molecule has 1 heterocycles. The Morgan fingerprint density at radius 1 is 1.63 bits per heavy atom. The van der Waals surface area contributed by atoms with Crippen molar-refractivity contribution < 1.29 is 14.7 Å². The van der Waals surface area contributed by atoms with Crippen LogP contribution in [-0.4, -0.2) is 37.1 Å². The second-order valence-electron chi connectivity index (χ2n) is 4.36. The van der Waals surface area contributed by atoms with Gasteiger partial charge in [-0.05, 0) is 24.8 Å². The summed E-state index contributed by atoms with van der Waals surface area (Å²) in [6, 6.07) is 5.66. The number of ether oxygens (including phenoxy) is 2. The van der Waals surface area contributed by atoms with Gasteiger partial charge < -0.3 is 20.4 Å². The SMILES string of the molecule is CSc1cccc(OCC2CCOC2)c1/C(N)=N/O. The molecule has 0 amide bonds. The smallest absolute Gasteiger partial charge is 0.174 e. The first kappa shape index (κ1) is 14.0. The number of thioether (sulfide) groups is 1. The summed E-state index contributed by atoms with van der Waals surface area (Å²) in [5.74, 6) is 1.13. The van der Waals surface area contributed by atoms with Gasteiger partial charge >= 0.3 is 0 Å². The van der Waals surface area contributed by atoms with E-state index in [0.717, 1.165) is 24.5 Å². The van der Waals surface area contributed by atoms with E-state index >= 15 is 0 Å². The molecule has 1 saturated heterocycles. The predicted molar refractivity (Wildman–Crippen MR) is 75.2 cm³/mol. The highest BCUT2D eigenvalue weighted by atomic mass is 32.2. The van der Waals surface area contributed by atoms with Crippen LogP contribution in [0.15, 0.2) is 28.3 Å². The van der Waals surface area contributed by atoms with Gasteiger partial charge in [-0.15, -0.1) is 11.8 Å². The number of benzene rings is 1. The zero-order valence-corrected chi connectivity index (χ0v) is 11.7. The lowest BCUT2D eigenvalue weighted by Gasteiger charge is -2.15. The van der Waals surface area contributed by atoms with Crippen LogP contribution in [0.3, 0.4) is 0 Å². The fourth-order valence-corrected chi connectivity index (χ4v) is 2.65. The third-order valence-electron chi connectivity index (χ3n) is 3.07. The zero-order valence-electron chi connectivity index (χ0n) is 10.8. The zero-order chi connectivity index (χ0) is 13.7. The number of amidine groups is 1. The quantitative estimate of drug-likeness (QED) is 0.284. The van der Waals surface area contributed by atoms with Crippen LogP contribution in [-0.2, 0) is 4.74 Å². The molecule has 1 aliphatic rings. The number of nitrogens with zero attached hydrogens (tertiary/aromatic N) is 1. The average Bonchev–Trinajstić information content (AvgIpc) is 2.97. The minimum absolute atomic E-state index is 0.0719. The lowest BCUT2D eigenvalue weighted by Crippen LogP contribution is -2.18. The lowest BCUT2D eigenvalue weighted by molar-refractivity contribution is 0.167. The van der Waals surface area contributed by atoms with Crippen LogP contribution >= 0.6 is 11.8 Å². The molecular formula is C13H18N2O3S. The number of nitrogens with two attached hydrogens (primary N) is 1. The Bertz CT molecular complexity index is 459. The summed E-state index contributed by atoms with van der Waals surface area (Å²) in [6.45, 7) is 2.12. The Labute approximate surface area is 116 Å². The fraction of sp³-hybridized carbons (Fsp3) is 0.462. The van der Waals surface area contributed by atoms with Gasteiger partial charge in [-0.1, -0.05) is 11.2 Å². The van der Waals surface area contributed by atoms with Gasteiger partial charge in [0.05, 0.1) is 18.8 Å². The summed E-state index contributed by atoms with van der Waals surface area (Å²) >= 11 is 1.53. The summed E-state index contributed by atoms with van der Waals surface area (Å²) in [4.78, 5) is 0.926. The standard InChI is InChI=1S/C13H18N2O3S/c1-19-11-4-2-3-10(12(11)13(14)15-16)18-8-9-5-6-17-7-9/h2-4,9,16H,5-8H2,1H3,(H2,14,15). The molecule has 3 N–H and O–H groups in total. The van der Waals surface area contributed by atoms with Gasteiger partial charge in [-0.2, -0.15) is 0 Å². The second kappa shape index (κ2) is 6.68. The molecule has 0 spiro atoms. The third kappa shape index (κ3) is 3.33. The second-order valence-corrected chi connectivity index (χ2v) is 5.21. The molecule has 0 saturated carbocycles. The van der Waals surface area contributed by atoms with Crippen molar-refractivity contribution in [2.24, 2.45) is 16.8 Å². The molecular weight excluding hydrogens is 264 g/mol.